The maximum Gasteiger partial charge on any atom is 0.129 e. The fraction of sp³-hybridized carbons (Fsp3) is 0.500. The average molecular weight is 321 g/mol. The number of rotatable bonds is 5. The van der Waals surface area contributed by atoms with E-state index in [2.05, 4.69) is 19.7 Å². The van der Waals surface area contributed by atoms with Crippen molar-refractivity contribution in [3.8, 4) is 5.75 Å². The molecule has 5 nitrogen and oxygen atoms in total. The summed E-state index contributed by atoms with van der Waals surface area (Å²) in [6.07, 6.45) is 4.18. The molecule has 22 heavy (non-hydrogen) atoms. The van der Waals surface area contributed by atoms with Gasteiger partial charge in [-0.1, -0.05) is 17.7 Å². The summed E-state index contributed by atoms with van der Waals surface area (Å²) in [5.41, 5.74) is 0. The summed E-state index contributed by atoms with van der Waals surface area (Å²) in [7, 11) is 0. The van der Waals surface area contributed by atoms with Gasteiger partial charge < -0.3 is 14.2 Å². The van der Waals surface area contributed by atoms with E-state index < -0.39 is 0 Å². The first kappa shape index (κ1) is 15.3. The molecule has 0 saturated carbocycles. The van der Waals surface area contributed by atoms with Crippen molar-refractivity contribution >= 4 is 11.6 Å². The van der Waals surface area contributed by atoms with E-state index in [1.165, 1.54) is 0 Å². The Hall–Kier alpha value is -1.59. The molecule has 1 fully saturated rings. The smallest absolute Gasteiger partial charge is 0.129 e. The number of halogens is 1. The van der Waals surface area contributed by atoms with Crippen LogP contribution in [-0.4, -0.2) is 45.4 Å². The zero-order valence-electron chi connectivity index (χ0n) is 12.8. The highest BCUT2D eigenvalue weighted by Gasteiger charge is 2.20. The van der Waals surface area contributed by atoms with E-state index in [9.17, 15) is 0 Å². The summed E-state index contributed by atoms with van der Waals surface area (Å²) in [4.78, 5) is 2.47. The van der Waals surface area contributed by atoms with Gasteiger partial charge in [-0.3, -0.25) is 0 Å². The van der Waals surface area contributed by atoms with Crippen LogP contribution in [0.5, 0.6) is 5.75 Å². The lowest BCUT2D eigenvalue weighted by Gasteiger charge is -2.32. The molecule has 0 atom stereocenters. The van der Waals surface area contributed by atoms with Gasteiger partial charge in [-0.25, -0.2) is 0 Å². The quantitative estimate of drug-likeness (QED) is 0.849. The summed E-state index contributed by atoms with van der Waals surface area (Å²) >= 11 is 5.99. The number of hydrogen-bond donors (Lipinski definition) is 0. The lowest BCUT2D eigenvalue weighted by atomic mass is 10.1. The Morgan fingerprint density at radius 3 is 2.77 bits per heavy atom. The van der Waals surface area contributed by atoms with Crippen LogP contribution in [0.3, 0.4) is 0 Å². The molecule has 1 aromatic heterocycles. The van der Waals surface area contributed by atoms with Gasteiger partial charge in [0.1, 0.15) is 24.0 Å². The van der Waals surface area contributed by atoms with Crippen LogP contribution in [0.15, 0.2) is 30.6 Å². The van der Waals surface area contributed by atoms with Crippen molar-refractivity contribution in [2.45, 2.75) is 32.4 Å². The molecular formula is C16H21ClN4O. The lowest BCUT2D eigenvalue weighted by molar-refractivity contribution is 0.0985. The van der Waals surface area contributed by atoms with Gasteiger partial charge in [-0.15, -0.1) is 10.2 Å². The van der Waals surface area contributed by atoms with Crippen molar-refractivity contribution in [1.29, 1.82) is 0 Å². The SMILES string of the molecule is Cc1nncn1CCN1CCC(Oc2cccc(Cl)c2)CC1. The van der Waals surface area contributed by atoms with Crippen LogP contribution < -0.4 is 4.74 Å². The molecular weight excluding hydrogens is 300 g/mol. The van der Waals surface area contributed by atoms with Crippen molar-refractivity contribution in [3.63, 3.8) is 0 Å². The number of benzene rings is 1. The minimum atomic E-state index is 0.284. The Balaban J connectivity index is 1.43. The maximum atomic E-state index is 6.02. The predicted molar refractivity (Wildman–Crippen MR) is 86.3 cm³/mol. The van der Waals surface area contributed by atoms with E-state index in [-0.39, 0.29) is 6.10 Å². The zero-order chi connectivity index (χ0) is 15.4. The molecule has 2 heterocycles. The zero-order valence-corrected chi connectivity index (χ0v) is 13.5. The predicted octanol–water partition coefficient (Wildman–Crippen LogP) is 2.78. The van der Waals surface area contributed by atoms with Crippen molar-refractivity contribution in [3.05, 3.63) is 41.4 Å². The molecule has 1 aromatic carbocycles. The molecule has 2 aromatic rings. The molecule has 3 rings (SSSR count). The molecule has 6 heteroatoms. The fourth-order valence-corrected chi connectivity index (χ4v) is 2.95. The third-order valence-electron chi connectivity index (χ3n) is 4.10. The fourth-order valence-electron chi connectivity index (χ4n) is 2.76. The number of aromatic nitrogens is 3. The third-order valence-corrected chi connectivity index (χ3v) is 4.33. The highest BCUT2D eigenvalue weighted by molar-refractivity contribution is 6.30. The van der Waals surface area contributed by atoms with Gasteiger partial charge in [-0.2, -0.15) is 0 Å². The second-order valence-corrected chi connectivity index (χ2v) is 6.12. The number of nitrogens with zero attached hydrogens (tertiary/aromatic N) is 4. The van der Waals surface area contributed by atoms with Crippen LogP contribution in [0.4, 0.5) is 0 Å². The number of ether oxygens (including phenoxy) is 1. The highest BCUT2D eigenvalue weighted by Crippen LogP contribution is 2.22. The van der Waals surface area contributed by atoms with Crippen LogP contribution in [0.25, 0.3) is 0 Å². The normalized spacial score (nSPS) is 16.8. The van der Waals surface area contributed by atoms with Crippen LogP contribution >= 0.6 is 11.6 Å². The monoisotopic (exact) mass is 320 g/mol. The first-order chi connectivity index (χ1) is 10.7. The Morgan fingerprint density at radius 1 is 1.27 bits per heavy atom. The van der Waals surface area contributed by atoms with Gasteiger partial charge in [0, 0.05) is 31.2 Å². The van der Waals surface area contributed by atoms with E-state index >= 15 is 0 Å². The molecule has 0 radical (unpaired) electrons. The van der Waals surface area contributed by atoms with Gasteiger partial charge >= 0.3 is 0 Å². The van der Waals surface area contributed by atoms with E-state index in [0.717, 1.165) is 55.6 Å². The number of aryl methyl sites for hydroxylation is 1. The molecule has 1 saturated heterocycles. The van der Waals surface area contributed by atoms with Gasteiger partial charge in [0.05, 0.1) is 0 Å². The van der Waals surface area contributed by atoms with Crippen LogP contribution in [-0.2, 0) is 6.54 Å². The van der Waals surface area contributed by atoms with E-state index in [4.69, 9.17) is 16.3 Å². The second kappa shape index (κ2) is 7.11. The van der Waals surface area contributed by atoms with Crippen LogP contribution in [0.2, 0.25) is 5.02 Å². The van der Waals surface area contributed by atoms with Gasteiger partial charge in [0.15, 0.2) is 0 Å². The molecule has 118 valence electrons. The molecule has 0 N–H and O–H groups in total. The van der Waals surface area contributed by atoms with Gasteiger partial charge in [-0.05, 0) is 38.0 Å². The Labute approximate surface area is 135 Å². The largest absolute Gasteiger partial charge is 0.490 e. The molecule has 1 aliphatic heterocycles. The average Bonchev–Trinajstić information content (AvgIpc) is 2.92. The first-order valence-corrected chi connectivity index (χ1v) is 8.07. The molecule has 0 amide bonds. The van der Waals surface area contributed by atoms with E-state index in [1.54, 1.807) is 6.33 Å². The molecule has 0 spiro atoms. The number of hydrogen-bond acceptors (Lipinski definition) is 4. The first-order valence-electron chi connectivity index (χ1n) is 7.70. The summed E-state index contributed by atoms with van der Waals surface area (Å²) in [5.74, 6) is 1.84. The second-order valence-electron chi connectivity index (χ2n) is 5.69. The number of likely N-dealkylation sites (tertiary alicyclic amines) is 1. The summed E-state index contributed by atoms with van der Waals surface area (Å²) in [6.45, 7) is 6.08. The third kappa shape index (κ3) is 3.99. The van der Waals surface area contributed by atoms with Crippen molar-refractivity contribution < 1.29 is 4.74 Å². The standard InChI is InChI=1S/C16H21ClN4O/c1-13-19-18-12-21(13)10-9-20-7-5-15(6-8-20)22-16-4-2-3-14(17)11-16/h2-4,11-12,15H,5-10H2,1H3. The highest BCUT2D eigenvalue weighted by atomic mass is 35.5. The molecule has 0 unspecified atom stereocenters. The van der Waals surface area contributed by atoms with Crippen molar-refractivity contribution in [2.24, 2.45) is 0 Å². The lowest BCUT2D eigenvalue weighted by Crippen LogP contribution is -2.39. The van der Waals surface area contributed by atoms with E-state index in [0.29, 0.717) is 0 Å². The summed E-state index contributed by atoms with van der Waals surface area (Å²) in [5, 5.41) is 8.65. The minimum absolute atomic E-state index is 0.284. The Bertz CT molecular complexity index is 608. The molecule has 0 bridgehead atoms. The summed E-state index contributed by atoms with van der Waals surface area (Å²) < 4.78 is 8.11. The Kier molecular flexibility index (Phi) is 4.95. The van der Waals surface area contributed by atoms with Crippen molar-refractivity contribution in [2.75, 3.05) is 19.6 Å². The van der Waals surface area contributed by atoms with Gasteiger partial charge in [0.25, 0.3) is 0 Å². The topological polar surface area (TPSA) is 43.2 Å². The maximum absolute atomic E-state index is 6.02. The van der Waals surface area contributed by atoms with Crippen LogP contribution in [0, 0.1) is 6.92 Å². The minimum Gasteiger partial charge on any atom is -0.490 e. The van der Waals surface area contributed by atoms with Crippen molar-refractivity contribution in [1.82, 2.24) is 19.7 Å². The molecule has 0 aliphatic carbocycles. The van der Waals surface area contributed by atoms with Crippen LogP contribution in [0.1, 0.15) is 18.7 Å². The van der Waals surface area contributed by atoms with E-state index in [1.807, 2.05) is 31.2 Å². The summed E-state index contributed by atoms with van der Waals surface area (Å²) in [6, 6.07) is 7.63. The number of piperidine rings is 1. The van der Waals surface area contributed by atoms with Gasteiger partial charge in [0.2, 0.25) is 0 Å². The molecule has 1 aliphatic rings. The Morgan fingerprint density at radius 2 is 2.09 bits per heavy atom.